The molecule has 0 saturated heterocycles. The Morgan fingerprint density at radius 2 is 2.07 bits per heavy atom. The lowest BCUT2D eigenvalue weighted by Crippen LogP contribution is -1.99. The van der Waals surface area contributed by atoms with Gasteiger partial charge in [-0.2, -0.15) is 0 Å². The van der Waals surface area contributed by atoms with Gasteiger partial charge in [-0.25, -0.2) is 0 Å². The third-order valence-corrected chi connectivity index (χ3v) is 2.95. The second-order valence-electron chi connectivity index (χ2n) is 2.97. The highest BCUT2D eigenvalue weighted by molar-refractivity contribution is 7.34. The van der Waals surface area contributed by atoms with Gasteiger partial charge in [0.1, 0.15) is 0 Å². The van der Waals surface area contributed by atoms with Gasteiger partial charge in [0.15, 0.2) is 0 Å². The highest BCUT2D eigenvalue weighted by Gasteiger charge is 1.92. The van der Waals surface area contributed by atoms with Crippen molar-refractivity contribution in [1.29, 1.82) is 0 Å². The molecule has 0 bridgehead atoms. The molecule has 0 aliphatic heterocycles. The molecule has 1 aromatic carbocycles. The van der Waals surface area contributed by atoms with Crippen LogP contribution in [0.4, 0.5) is 5.69 Å². The first-order valence-electron chi connectivity index (χ1n) is 4.70. The number of rotatable bonds is 6. The molecule has 0 aliphatic carbocycles. The SMILES string of the molecule is C=CCNPCc1ccc(NC)cc1. The summed E-state index contributed by atoms with van der Waals surface area (Å²) in [6.45, 7) is 4.56. The molecule has 2 N–H and O–H groups in total. The van der Waals surface area contributed by atoms with Gasteiger partial charge in [0.25, 0.3) is 0 Å². The molecule has 0 fully saturated rings. The lowest BCUT2D eigenvalue weighted by atomic mass is 10.2. The summed E-state index contributed by atoms with van der Waals surface area (Å²) in [5.41, 5.74) is 2.54. The quantitative estimate of drug-likeness (QED) is 0.426. The molecule has 76 valence electrons. The third kappa shape index (κ3) is 3.91. The minimum atomic E-state index is 0.772. The summed E-state index contributed by atoms with van der Waals surface area (Å²) >= 11 is 0. The standard InChI is InChI=1S/C11H17N2P/c1-3-8-13-14-9-10-4-6-11(12-2)7-5-10/h3-7,12-14H,1,8-9H2,2H3. The van der Waals surface area contributed by atoms with E-state index in [9.17, 15) is 0 Å². The van der Waals surface area contributed by atoms with E-state index in [2.05, 4.69) is 41.2 Å². The van der Waals surface area contributed by atoms with E-state index in [1.165, 1.54) is 5.56 Å². The summed E-state index contributed by atoms with van der Waals surface area (Å²) < 4.78 is 0. The Hall–Kier alpha value is -0.850. The van der Waals surface area contributed by atoms with Crippen molar-refractivity contribution in [3.63, 3.8) is 0 Å². The van der Waals surface area contributed by atoms with Crippen molar-refractivity contribution in [1.82, 2.24) is 5.09 Å². The van der Waals surface area contributed by atoms with Crippen molar-refractivity contribution in [3.05, 3.63) is 42.5 Å². The van der Waals surface area contributed by atoms with Crippen molar-refractivity contribution < 1.29 is 0 Å². The van der Waals surface area contributed by atoms with Gasteiger partial charge in [-0.1, -0.05) is 18.2 Å². The van der Waals surface area contributed by atoms with E-state index in [1.54, 1.807) is 0 Å². The van der Waals surface area contributed by atoms with Crippen LogP contribution in [0.1, 0.15) is 5.56 Å². The minimum Gasteiger partial charge on any atom is -0.388 e. The Kier molecular flexibility index (Phi) is 5.28. The lowest BCUT2D eigenvalue weighted by molar-refractivity contribution is 1.11. The smallest absolute Gasteiger partial charge is 0.0337 e. The maximum atomic E-state index is 3.66. The van der Waals surface area contributed by atoms with Crippen molar-refractivity contribution in [3.8, 4) is 0 Å². The van der Waals surface area contributed by atoms with E-state index in [0.29, 0.717) is 0 Å². The molecule has 2 nitrogen and oxygen atoms in total. The van der Waals surface area contributed by atoms with Gasteiger partial charge in [0.05, 0.1) is 0 Å². The van der Waals surface area contributed by atoms with E-state index >= 15 is 0 Å². The van der Waals surface area contributed by atoms with Crippen LogP contribution in [0.2, 0.25) is 0 Å². The zero-order valence-corrected chi connectivity index (χ0v) is 9.51. The highest BCUT2D eigenvalue weighted by atomic mass is 31.1. The Labute approximate surface area is 87.6 Å². The number of hydrogen-bond donors (Lipinski definition) is 2. The summed E-state index contributed by atoms with van der Waals surface area (Å²) in [7, 11) is 2.71. The summed E-state index contributed by atoms with van der Waals surface area (Å²) in [5, 5.41) is 6.41. The molecule has 0 radical (unpaired) electrons. The van der Waals surface area contributed by atoms with E-state index in [-0.39, 0.29) is 0 Å². The van der Waals surface area contributed by atoms with Crippen LogP contribution < -0.4 is 10.4 Å². The first-order chi connectivity index (χ1) is 6.86. The first-order valence-corrected chi connectivity index (χ1v) is 5.91. The summed E-state index contributed by atoms with van der Waals surface area (Å²) in [6, 6.07) is 8.53. The van der Waals surface area contributed by atoms with Crippen LogP contribution in [-0.2, 0) is 6.16 Å². The van der Waals surface area contributed by atoms with Crippen molar-refractivity contribution >= 4 is 14.4 Å². The Bertz CT molecular complexity index is 269. The minimum absolute atomic E-state index is 0.772. The van der Waals surface area contributed by atoms with Gasteiger partial charge in [-0.3, -0.25) is 5.09 Å². The second kappa shape index (κ2) is 6.58. The van der Waals surface area contributed by atoms with E-state index in [0.717, 1.165) is 27.1 Å². The van der Waals surface area contributed by atoms with Crippen molar-refractivity contribution in [2.24, 2.45) is 0 Å². The molecule has 3 heteroatoms. The molecule has 0 aromatic heterocycles. The fraction of sp³-hybridized carbons (Fsp3) is 0.273. The fourth-order valence-electron chi connectivity index (χ4n) is 1.10. The molecule has 1 rings (SSSR count). The lowest BCUT2D eigenvalue weighted by Gasteiger charge is -2.04. The number of hydrogen-bond acceptors (Lipinski definition) is 2. The second-order valence-corrected chi connectivity index (χ2v) is 4.03. The topological polar surface area (TPSA) is 24.1 Å². The van der Waals surface area contributed by atoms with Gasteiger partial charge < -0.3 is 5.32 Å². The number of nitrogens with one attached hydrogen (secondary N) is 2. The van der Waals surface area contributed by atoms with Crippen molar-refractivity contribution in [2.75, 3.05) is 18.9 Å². The largest absolute Gasteiger partial charge is 0.388 e. The van der Waals surface area contributed by atoms with Crippen LogP contribution in [0.15, 0.2) is 36.9 Å². The maximum Gasteiger partial charge on any atom is 0.0337 e. The van der Waals surface area contributed by atoms with Crippen LogP contribution in [0.25, 0.3) is 0 Å². The molecule has 1 aromatic rings. The molecule has 0 heterocycles. The number of anilines is 1. The van der Waals surface area contributed by atoms with Crippen molar-refractivity contribution in [2.45, 2.75) is 6.16 Å². The molecule has 0 aliphatic rings. The molecule has 14 heavy (non-hydrogen) atoms. The first kappa shape index (κ1) is 11.2. The van der Waals surface area contributed by atoms with E-state index < -0.39 is 0 Å². The Balaban J connectivity index is 2.32. The highest BCUT2D eigenvalue weighted by Crippen LogP contribution is 2.16. The van der Waals surface area contributed by atoms with Crippen LogP contribution in [0.5, 0.6) is 0 Å². The summed E-state index contributed by atoms with van der Waals surface area (Å²) in [5.74, 6) is 0. The van der Waals surface area contributed by atoms with Crippen LogP contribution in [-0.4, -0.2) is 13.6 Å². The predicted octanol–water partition coefficient (Wildman–Crippen LogP) is 2.60. The molecule has 1 atom stereocenters. The third-order valence-electron chi connectivity index (χ3n) is 1.91. The zero-order valence-electron chi connectivity index (χ0n) is 8.51. The van der Waals surface area contributed by atoms with Gasteiger partial charge >= 0.3 is 0 Å². The predicted molar refractivity (Wildman–Crippen MR) is 66.2 cm³/mol. The molecular formula is C11H17N2P. The Morgan fingerprint density at radius 3 is 2.64 bits per heavy atom. The molecule has 1 unspecified atom stereocenters. The average molecular weight is 208 g/mol. The fourth-order valence-corrected chi connectivity index (χ4v) is 1.95. The number of benzene rings is 1. The summed E-state index contributed by atoms with van der Waals surface area (Å²) in [4.78, 5) is 0. The van der Waals surface area contributed by atoms with Crippen LogP contribution in [0.3, 0.4) is 0 Å². The van der Waals surface area contributed by atoms with Crippen LogP contribution >= 0.6 is 8.73 Å². The Morgan fingerprint density at radius 1 is 1.36 bits per heavy atom. The van der Waals surface area contributed by atoms with E-state index in [4.69, 9.17) is 0 Å². The summed E-state index contributed by atoms with van der Waals surface area (Å²) in [6.07, 6.45) is 2.98. The van der Waals surface area contributed by atoms with E-state index in [1.807, 2.05) is 13.1 Å². The molecule has 0 spiro atoms. The van der Waals surface area contributed by atoms with Gasteiger partial charge in [0.2, 0.25) is 0 Å². The molecule has 0 saturated carbocycles. The molecular weight excluding hydrogens is 191 g/mol. The molecule has 0 amide bonds. The monoisotopic (exact) mass is 208 g/mol. The maximum absolute atomic E-state index is 3.66. The average Bonchev–Trinajstić information content (AvgIpc) is 2.25. The normalized spacial score (nSPS) is 10.6. The van der Waals surface area contributed by atoms with Gasteiger partial charge in [-0.05, 0) is 26.4 Å². The van der Waals surface area contributed by atoms with Crippen LogP contribution in [0, 0.1) is 0 Å². The van der Waals surface area contributed by atoms with Gasteiger partial charge in [-0.15, -0.1) is 6.58 Å². The zero-order chi connectivity index (χ0) is 10.2. The van der Waals surface area contributed by atoms with Gasteiger partial charge in [0, 0.05) is 25.4 Å².